The third kappa shape index (κ3) is 2.80. The molecule has 1 N–H and O–H groups in total. The molecule has 2 fully saturated rings. The number of thiophene rings is 1. The lowest BCUT2D eigenvalue weighted by atomic mass is 10.2. The Morgan fingerprint density at radius 1 is 1.32 bits per heavy atom. The average Bonchev–Trinajstić information content (AvgIpc) is 3.22. The van der Waals surface area contributed by atoms with Crippen molar-refractivity contribution in [3.8, 4) is 0 Å². The molecular weight excluding hydrogens is 298 g/mol. The van der Waals surface area contributed by atoms with Crippen LogP contribution in [0, 0.1) is 0 Å². The van der Waals surface area contributed by atoms with Crippen LogP contribution in [-0.2, 0) is 17.8 Å². The highest BCUT2D eigenvalue weighted by Crippen LogP contribution is 2.29. The number of fused-ring (bicyclic) bond motifs is 1. The number of nitrogens with one attached hydrogen (secondary N) is 1. The van der Waals surface area contributed by atoms with Crippen molar-refractivity contribution in [1.29, 1.82) is 0 Å². The van der Waals surface area contributed by atoms with Crippen LogP contribution >= 0.6 is 11.3 Å². The number of amides is 1. The molecule has 0 bridgehead atoms. The first-order valence-corrected chi connectivity index (χ1v) is 9.06. The lowest BCUT2D eigenvalue weighted by Crippen LogP contribution is -2.49. The normalized spacial score (nSPS) is 26.2. The van der Waals surface area contributed by atoms with Crippen molar-refractivity contribution in [2.45, 2.75) is 25.5 Å². The van der Waals surface area contributed by atoms with Gasteiger partial charge in [-0.15, -0.1) is 11.3 Å². The number of likely N-dealkylation sites (tertiary alicyclic amines) is 1. The van der Waals surface area contributed by atoms with Crippen LogP contribution in [-0.4, -0.2) is 67.6 Å². The van der Waals surface area contributed by atoms with E-state index in [-0.39, 0.29) is 5.91 Å². The summed E-state index contributed by atoms with van der Waals surface area (Å²) in [6, 6.07) is 2.60. The molecule has 4 heterocycles. The van der Waals surface area contributed by atoms with Crippen molar-refractivity contribution in [2.75, 3.05) is 45.9 Å². The summed E-state index contributed by atoms with van der Waals surface area (Å²) < 4.78 is 5.48. The maximum atomic E-state index is 12.8. The Morgan fingerprint density at radius 2 is 2.18 bits per heavy atom. The maximum absolute atomic E-state index is 12.8. The van der Waals surface area contributed by atoms with E-state index in [1.807, 2.05) is 4.90 Å². The number of hydrogen-bond acceptors (Lipinski definition) is 5. The van der Waals surface area contributed by atoms with Crippen molar-refractivity contribution >= 4 is 17.2 Å². The van der Waals surface area contributed by atoms with Crippen LogP contribution in [0.25, 0.3) is 0 Å². The van der Waals surface area contributed by atoms with Gasteiger partial charge in [0.15, 0.2) is 0 Å². The zero-order valence-electron chi connectivity index (χ0n) is 12.8. The molecule has 0 aliphatic carbocycles. The van der Waals surface area contributed by atoms with E-state index in [2.05, 4.69) is 16.3 Å². The predicted molar refractivity (Wildman–Crippen MR) is 86.4 cm³/mol. The largest absolute Gasteiger partial charge is 0.376 e. The van der Waals surface area contributed by atoms with E-state index in [0.717, 1.165) is 63.6 Å². The second-order valence-corrected chi connectivity index (χ2v) is 7.48. The fourth-order valence-electron chi connectivity index (χ4n) is 3.68. The number of carbonyl (C=O) groups excluding carboxylic acids is 1. The molecule has 4 rings (SSSR count). The fraction of sp³-hybridized carbons (Fsp3) is 0.688. The van der Waals surface area contributed by atoms with Crippen LogP contribution in [0.1, 0.15) is 26.5 Å². The van der Waals surface area contributed by atoms with Gasteiger partial charge in [0, 0.05) is 56.6 Å². The second-order valence-electron chi connectivity index (χ2n) is 6.34. The van der Waals surface area contributed by atoms with Gasteiger partial charge in [0.05, 0.1) is 18.1 Å². The standard InChI is InChI=1S/C16H23N3O2S/c20-16(15-9-12-11-21-8-2-14(12)22-15)19-5-1-13(10-19)18-6-3-17-4-7-18/h9,13,17H,1-8,10-11H2. The molecule has 5 nitrogen and oxygen atoms in total. The zero-order chi connectivity index (χ0) is 14.9. The molecule has 1 aromatic heterocycles. The molecule has 3 aliphatic heterocycles. The van der Waals surface area contributed by atoms with Crippen LogP contribution < -0.4 is 5.32 Å². The van der Waals surface area contributed by atoms with Gasteiger partial charge in [0.2, 0.25) is 0 Å². The van der Waals surface area contributed by atoms with Crippen LogP contribution in [0.5, 0.6) is 0 Å². The lowest BCUT2D eigenvalue weighted by Gasteiger charge is -2.32. The van der Waals surface area contributed by atoms with E-state index in [9.17, 15) is 4.79 Å². The number of hydrogen-bond donors (Lipinski definition) is 1. The van der Waals surface area contributed by atoms with E-state index in [4.69, 9.17) is 4.74 Å². The summed E-state index contributed by atoms with van der Waals surface area (Å²) in [7, 11) is 0. The Morgan fingerprint density at radius 3 is 3.00 bits per heavy atom. The molecule has 0 aromatic carbocycles. The number of rotatable bonds is 2. The summed E-state index contributed by atoms with van der Waals surface area (Å²) in [6.45, 7) is 7.60. The SMILES string of the molecule is O=C(c1cc2c(s1)CCOC2)N1CCC(N2CCNCC2)C1. The molecule has 0 radical (unpaired) electrons. The molecule has 120 valence electrons. The number of piperazine rings is 1. The highest BCUT2D eigenvalue weighted by molar-refractivity contribution is 7.14. The molecule has 3 aliphatic rings. The zero-order valence-corrected chi connectivity index (χ0v) is 13.7. The first kappa shape index (κ1) is 14.6. The van der Waals surface area contributed by atoms with E-state index >= 15 is 0 Å². The van der Waals surface area contributed by atoms with E-state index in [0.29, 0.717) is 12.6 Å². The average molecular weight is 321 g/mol. The molecule has 0 spiro atoms. The van der Waals surface area contributed by atoms with Gasteiger partial charge in [0.25, 0.3) is 5.91 Å². The number of ether oxygens (including phenoxy) is 1. The van der Waals surface area contributed by atoms with Gasteiger partial charge >= 0.3 is 0 Å². The molecule has 6 heteroatoms. The van der Waals surface area contributed by atoms with Crippen LogP contribution in [0.2, 0.25) is 0 Å². The van der Waals surface area contributed by atoms with Gasteiger partial charge in [-0.05, 0) is 18.1 Å². The monoisotopic (exact) mass is 321 g/mol. The van der Waals surface area contributed by atoms with Gasteiger partial charge < -0.3 is 15.0 Å². The van der Waals surface area contributed by atoms with Crippen molar-refractivity contribution < 1.29 is 9.53 Å². The molecule has 0 saturated carbocycles. The molecule has 1 aromatic rings. The van der Waals surface area contributed by atoms with Gasteiger partial charge in [0.1, 0.15) is 0 Å². The third-order valence-electron chi connectivity index (χ3n) is 4.96. The van der Waals surface area contributed by atoms with Gasteiger partial charge in [-0.25, -0.2) is 0 Å². The smallest absolute Gasteiger partial charge is 0.263 e. The van der Waals surface area contributed by atoms with E-state index in [1.54, 1.807) is 11.3 Å². The van der Waals surface area contributed by atoms with Crippen molar-refractivity contribution in [3.05, 3.63) is 21.4 Å². The number of nitrogens with zero attached hydrogens (tertiary/aromatic N) is 2. The summed E-state index contributed by atoms with van der Waals surface area (Å²) in [4.78, 5) is 19.6. The molecule has 1 amide bonds. The van der Waals surface area contributed by atoms with Crippen LogP contribution in [0.4, 0.5) is 0 Å². The molecular formula is C16H23N3O2S. The molecule has 22 heavy (non-hydrogen) atoms. The summed E-state index contributed by atoms with van der Waals surface area (Å²) in [6.07, 6.45) is 2.07. The summed E-state index contributed by atoms with van der Waals surface area (Å²) in [5.74, 6) is 0.219. The van der Waals surface area contributed by atoms with Crippen LogP contribution in [0.15, 0.2) is 6.07 Å². The molecule has 2 saturated heterocycles. The minimum atomic E-state index is 0.219. The Bertz CT molecular complexity index is 530. The van der Waals surface area contributed by atoms with Crippen molar-refractivity contribution in [2.24, 2.45) is 0 Å². The Kier molecular flexibility index (Phi) is 4.17. The quantitative estimate of drug-likeness (QED) is 0.881. The topological polar surface area (TPSA) is 44.8 Å². The predicted octanol–water partition coefficient (Wildman–Crippen LogP) is 0.940. The highest BCUT2D eigenvalue weighted by atomic mass is 32.1. The summed E-state index contributed by atoms with van der Waals surface area (Å²) >= 11 is 1.67. The van der Waals surface area contributed by atoms with E-state index < -0.39 is 0 Å². The summed E-state index contributed by atoms with van der Waals surface area (Å²) in [5, 5.41) is 3.39. The Hall–Kier alpha value is -0.950. The Labute approximate surface area is 135 Å². The Balaban J connectivity index is 1.41. The van der Waals surface area contributed by atoms with Crippen molar-refractivity contribution in [3.63, 3.8) is 0 Å². The second kappa shape index (κ2) is 6.28. The van der Waals surface area contributed by atoms with Gasteiger partial charge in [-0.2, -0.15) is 0 Å². The summed E-state index contributed by atoms with van der Waals surface area (Å²) in [5.41, 5.74) is 1.22. The number of carbonyl (C=O) groups is 1. The van der Waals surface area contributed by atoms with Gasteiger partial charge in [-0.1, -0.05) is 0 Å². The minimum absolute atomic E-state index is 0.219. The fourth-order valence-corrected chi connectivity index (χ4v) is 4.80. The molecule has 1 unspecified atom stereocenters. The third-order valence-corrected chi connectivity index (χ3v) is 6.18. The van der Waals surface area contributed by atoms with Crippen LogP contribution in [0.3, 0.4) is 0 Å². The van der Waals surface area contributed by atoms with E-state index in [1.165, 1.54) is 10.4 Å². The molecule has 1 atom stereocenters. The minimum Gasteiger partial charge on any atom is -0.376 e. The lowest BCUT2D eigenvalue weighted by molar-refractivity contribution is 0.0778. The van der Waals surface area contributed by atoms with Gasteiger partial charge in [-0.3, -0.25) is 9.69 Å². The van der Waals surface area contributed by atoms with Crippen molar-refractivity contribution in [1.82, 2.24) is 15.1 Å². The highest BCUT2D eigenvalue weighted by Gasteiger charge is 2.32. The first-order chi connectivity index (χ1) is 10.8. The maximum Gasteiger partial charge on any atom is 0.263 e. The first-order valence-electron chi connectivity index (χ1n) is 8.24.